The van der Waals surface area contributed by atoms with Gasteiger partial charge in [-0.1, -0.05) is 60.2 Å². The summed E-state index contributed by atoms with van der Waals surface area (Å²) in [5, 5.41) is 2.87. The second-order valence-electron chi connectivity index (χ2n) is 10.2. The van der Waals surface area contributed by atoms with Crippen LogP contribution in [0.4, 0.5) is 10.1 Å². The van der Waals surface area contributed by atoms with Crippen LogP contribution >= 0.6 is 0 Å². The molecule has 0 heterocycles. The first-order valence-corrected chi connectivity index (χ1v) is 13.7. The molecule has 0 aromatic heterocycles. The summed E-state index contributed by atoms with van der Waals surface area (Å²) in [4.78, 5) is 28.1. The molecule has 0 saturated heterocycles. The summed E-state index contributed by atoms with van der Waals surface area (Å²) in [5.41, 5.74) is 0.999. The van der Waals surface area contributed by atoms with E-state index in [0.29, 0.717) is 0 Å². The molecule has 0 saturated carbocycles. The molecule has 0 aliphatic heterocycles. The van der Waals surface area contributed by atoms with Crippen LogP contribution in [-0.2, 0) is 26.2 Å². The number of rotatable bonds is 9. The number of amides is 2. The number of sulfonamides is 1. The number of hydrogen-bond donors (Lipinski definition) is 1. The highest BCUT2D eigenvalue weighted by atomic mass is 32.2. The zero-order chi connectivity index (χ0) is 28.1. The Morgan fingerprint density at radius 1 is 0.921 bits per heavy atom. The maximum absolute atomic E-state index is 14.9. The van der Waals surface area contributed by atoms with E-state index in [1.54, 1.807) is 25.1 Å². The van der Waals surface area contributed by atoms with Crippen LogP contribution < -0.4 is 9.62 Å². The fraction of sp³-hybridized carbons (Fsp3) is 0.310. The SMILES string of the molecule is Cc1ccc(CN(C(=O)CN(c2ccccc2F)S(=O)(=O)c2ccccc2)C(C)C(=O)NC(C)(C)C)cc1. The van der Waals surface area contributed by atoms with Crippen LogP contribution in [0.25, 0.3) is 0 Å². The molecule has 0 spiro atoms. The Labute approximate surface area is 224 Å². The first kappa shape index (κ1) is 28.8. The summed E-state index contributed by atoms with van der Waals surface area (Å²) >= 11 is 0. The summed E-state index contributed by atoms with van der Waals surface area (Å²) in [6, 6.07) is 19.5. The fourth-order valence-corrected chi connectivity index (χ4v) is 5.28. The molecule has 1 unspecified atom stereocenters. The van der Waals surface area contributed by atoms with Crippen LogP contribution in [0.15, 0.2) is 83.8 Å². The highest BCUT2D eigenvalue weighted by Crippen LogP contribution is 2.27. The summed E-state index contributed by atoms with van der Waals surface area (Å²) < 4.78 is 42.9. The Bertz CT molecular complexity index is 1370. The zero-order valence-corrected chi connectivity index (χ0v) is 23.1. The number of carbonyl (C=O) groups excluding carboxylic acids is 2. The molecule has 38 heavy (non-hydrogen) atoms. The Morgan fingerprint density at radius 2 is 1.50 bits per heavy atom. The fourth-order valence-electron chi connectivity index (χ4n) is 3.83. The Morgan fingerprint density at radius 3 is 2.08 bits per heavy atom. The molecule has 0 fully saturated rings. The molecular weight excluding hydrogens is 505 g/mol. The van der Waals surface area contributed by atoms with E-state index in [1.807, 2.05) is 52.0 Å². The Kier molecular flexibility index (Phi) is 8.93. The van der Waals surface area contributed by atoms with Crippen LogP contribution in [0.3, 0.4) is 0 Å². The molecule has 9 heteroatoms. The van der Waals surface area contributed by atoms with Crippen molar-refractivity contribution in [1.29, 1.82) is 0 Å². The van der Waals surface area contributed by atoms with Gasteiger partial charge >= 0.3 is 0 Å². The van der Waals surface area contributed by atoms with Gasteiger partial charge in [0.15, 0.2) is 0 Å². The van der Waals surface area contributed by atoms with Crippen molar-refractivity contribution < 1.29 is 22.4 Å². The van der Waals surface area contributed by atoms with Gasteiger partial charge in [-0.15, -0.1) is 0 Å². The summed E-state index contributed by atoms with van der Waals surface area (Å²) in [5.74, 6) is -1.82. The molecule has 202 valence electrons. The quantitative estimate of drug-likeness (QED) is 0.429. The third-order valence-electron chi connectivity index (χ3n) is 5.87. The third-order valence-corrected chi connectivity index (χ3v) is 7.64. The lowest BCUT2D eigenvalue weighted by Crippen LogP contribution is -2.54. The lowest BCUT2D eigenvalue weighted by Gasteiger charge is -2.33. The number of anilines is 1. The predicted octanol–water partition coefficient (Wildman–Crippen LogP) is 4.66. The van der Waals surface area contributed by atoms with Crippen LogP contribution in [0.1, 0.15) is 38.8 Å². The number of hydrogen-bond acceptors (Lipinski definition) is 4. The van der Waals surface area contributed by atoms with E-state index in [1.165, 1.54) is 35.2 Å². The third kappa shape index (κ3) is 7.19. The van der Waals surface area contributed by atoms with E-state index in [2.05, 4.69) is 5.32 Å². The van der Waals surface area contributed by atoms with Crippen LogP contribution in [0.2, 0.25) is 0 Å². The molecule has 0 aliphatic carbocycles. The van der Waals surface area contributed by atoms with Crippen molar-refractivity contribution in [2.24, 2.45) is 0 Å². The van der Waals surface area contributed by atoms with Crippen molar-refractivity contribution in [2.75, 3.05) is 10.8 Å². The smallest absolute Gasteiger partial charge is 0.264 e. The van der Waals surface area contributed by atoms with E-state index < -0.39 is 39.9 Å². The maximum Gasteiger partial charge on any atom is 0.264 e. The van der Waals surface area contributed by atoms with Gasteiger partial charge < -0.3 is 10.2 Å². The van der Waals surface area contributed by atoms with Gasteiger partial charge in [-0.05, 0) is 64.4 Å². The van der Waals surface area contributed by atoms with Crippen LogP contribution in [-0.4, -0.2) is 43.3 Å². The van der Waals surface area contributed by atoms with E-state index in [9.17, 15) is 22.4 Å². The number of para-hydroxylation sites is 1. The number of benzene rings is 3. The molecule has 0 radical (unpaired) electrons. The number of nitrogens with one attached hydrogen (secondary N) is 1. The molecule has 3 aromatic rings. The Balaban J connectivity index is 2.03. The predicted molar refractivity (Wildman–Crippen MR) is 146 cm³/mol. The summed E-state index contributed by atoms with van der Waals surface area (Å²) in [6.07, 6.45) is 0. The van der Waals surface area contributed by atoms with E-state index >= 15 is 0 Å². The standard InChI is InChI=1S/C29H34FN3O4S/c1-21-15-17-23(18-16-21)19-32(22(2)28(35)31-29(3,4)5)27(34)20-33(26-14-10-9-13-25(26)30)38(36,37)24-11-7-6-8-12-24/h6-18,22H,19-20H2,1-5H3,(H,31,35). The van der Waals surface area contributed by atoms with Crippen molar-refractivity contribution in [3.8, 4) is 0 Å². The molecule has 7 nitrogen and oxygen atoms in total. The minimum atomic E-state index is -4.31. The molecule has 3 aromatic carbocycles. The first-order chi connectivity index (χ1) is 17.8. The number of nitrogens with zero attached hydrogens (tertiary/aromatic N) is 2. The first-order valence-electron chi connectivity index (χ1n) is 12.3. The van der Waals surface area contributed by atoms with Gasteiger partial charge in [0.25, 0.3) is 10.0 Å². The molecule has 1 atom stereocenters. The van der Waals surface area contributed by atoms with Crippen molar-refractivity contribution in [3.63, 3.8) is 0 Å². The average Bonchev–Trinajstić information content (AvgIpc) is 2.86. The minimum absolute atomic E-state index is 0.0638. The summed E-state index contributed by atoms with van der Waals surface area (Å²) in [7, 11) is -4.31. The monoisotopic (exact) mass is 539 g/mol. The molecule has 3 rings (SSSR count). The van der Waals surface area contributed by atoms with Gasteiger partial charge in [-0.3, -0.25) is 13.9 Å². The molecular formula is C29H34FN3O4S. The number of aryl methyl sites for hydroxylation is 1. The van der Waals surface area contributed by atoms with Crippen LogP contribution in [0.5, 0.6) is 0 Å². The van der Waals surface area contributed by atoms with Gasteiger partial charge in [0.05, 0.1) is 10.6 Å². The lowest BCUT2D eigenvalue weighted by molar-refractivity contribution is -0.140. The maximum atomic E-state index is 14.9. The van der Waals surface area contributed by atoms with Gasteiger partial charge in [0, 0.05) is 12.1 Å². The van der Waals surface area contributed by atoms with E-state index in [4.69, 9.17) is 0 Å². The topological polar surface area (TPSA) is 86.8 Å². The molecule has 1 N–H and O–H groups in total. The van der Waals surface area contributed by atoms with Gasteiger partial charge in [-0.2, -0.15) is 0 Å². The lowest BCUT2D eigenvalue weighted by atomic mass is 10.1. The normalized spacial score (nSPS) is 12.5. The molecule has 0 aliphatic rings. The van der Waals surface area contributed by atoms with Crippen molar-refractivity contribution in [3.05, 3.63) is 95.8 Å². The van der Waals surface area contributed by atoms with Gasteiger partial charge in [0.1, 0.15) is 18.4 Å². The average molecular weight is 540 g/mol. The second kappa shape index (κ2) is 11.8. The highest BCUT2D eigenvalue weighted by molar-refractivity contribution is 7.92. The second-order valence-corrected chi connectivity index (χ2v) is 12.1. The van der Waals surface area contributed by atoms with Gasteiger partial charge in [-0.25, -0.2) is 12.8 Å². The molecule has 2 amide bonds. The highest BCUT2D eigenvalue weighted by Gasteiger charge is 2.34. The van der Waals surface area contributed by atoms with Crippen LogP contribution in [0, 0.1) is 12.7 Å². The van der Waals surface area contributed by atoms with E-state index in [0.717, 1.165) is 21.5 Å². The zero-order valence-electron chi connectivity index (χ0n) is 22.3. The van der Waals surface area contributed by atoms with Crippen molar-refractivity contribution >= 4 is 27.5 Å². The van der Waals surface area contributed by atoms with E-state index in [-0.39, 0.29) is 23.0 Å². The minimum Gasteiger partial charge on any atom is -0.350 e. The number of halogens is 1. The van der Waals surface area contributed by atoms with Gasteiger partial charge in [0.2, 0.25) is 11.8 Å². The summed E-state index contributed by atoms with van der Waals surface area (Å²) in [6.45, 7) is 8.38. The largest absolute Gasteiger partial charge is 0.350 e. The number of carbonyl (C=O) groups is 2. The van der Waals surface area contributed by atoms with Crippen molar-refractivity contribution in [2.45, 2.75) is 57.6 Å². The molecule has 0 bridgehead atoms. The Hall–Kier alpha value is -3.72. The van der Waals surface area contributed by atoms with Crippen molar-refractivity contribution in [1.82, 2.24) is 10.2 Å².